The van der Waals surface area contributed by atoms with E-state index in [1.807, 2.05) is 0 Å². The van der Waals surface area contributed by atoms with Crippen molar-refractivity contribution in [3.05, 3.63) is 41.0 Å². The Morgan fingerprint density at radius 2 is 1.85 bits per heavy atom. The van der Waals surface area contributed by atoms with Gasteiger partial charge >= 0.3 is 0 Å². The second-order valence-electron chi connectivity index (χ2n) is 8.93. The molecule has 142 valence electrons. The van der Waals surface area contributed by atoms with Gasteiger partial charge in [0.2, 0.25) is 0 Å². The Kier molecular flexibility index (Phi) is 5.72. The highest BCUT2D eigenvalue weighted by atomic mass is 16.5. The minimum atomic E-state index is -0.172. The van der Waals surface area contributed by atoms with Crippen molar-refractivity contribution in [1.29, 1.82) is 0 Å². The van der Waals surface area contributed by atoms with Crippen LogP contribution in [0.3, 0.4) is 0 Å². The number of benzene rings is 1. The van der Waals surface area contributed by atoms with Gasteiger partial charge < -0.3 is 4.74 Å². The van der Waals surface area contributed by atoms with Crippen molar-refractivity contribution in [2.24, 2.45) is 16.7 Å². The zero-order chi connectivity index (χ0) is 18.8. The van der Waals surface area contributed by atoms with Crippen LogP contribution in [-0.4, -0.2) is 12.4 Å². The minimum absolute atomic E-state index is 0.0848. The highest BCUT2D eigenvalue weighted by molar-refractivity contribution is 6.07. The fourth-order valence-electron chi connectivity index (χ4n) is 4.80. The molecule has 2 fully saturated rings. The van der Waals surface area contributed by atoms with Gasteiger partial charge in [-0.05, 0) is 53.4 Å². The molecule has 1 aromatic carbocycles. The molecule has 0 amide bonds. The molecule has 2 aliphatic carbocycles. The van der Waals surface area contributed by atoms with Crippen LogP contribution in [0.4, 0.5) is 0 Å². The van der Waals surface area contributed by atoms with Crippen molar-refractivity contribution >= 4 is 11.9 Å². The Balaban J connectivity index is 1.60. The van der Waals surface area contributed by atoms with Gasteiger partial charge in [-0.25, -0.2) is 0 Å². The molecule has 2 unspecified atom stereocenters. The fraction of sp³-hybridized carbons (Fsp3) is 0.625. The standard InChI is InChI=1S/C24H34O2/c1-5-6-7-8-15-26-17-19-11-9-18(10-12-19)16-20-21-13-14-24(4,22(20)25)23(21,2)3/h9-12,16,21H,5-8,13-15,17H2,1-4H3. The van der Waals surface area contributed by atoms with Crippen molar-refractivity contribution < 1.29 is 9.53 Å². The second-order valence-corrected chi connectivity index (χ2v) is 8.93. The Hall–Kier alpha value is -1.41. The molecule has 0 N–H and O–H groups in total. The van der Waals surface area contributed by atoms with E-state index in [2.05, 4.69) is 58.0 Å². The van der Waals surface area contributed by atoms with Gasteiger partial charge in [0, 0.05) is 12.0 Å². The number of hydrogen-bond acceptors (Lipinski definition) is 2. The average molecular weight is 355 g/mol. The largest absolute Gasteiger partial charge is 0.377 e. The highest BCUT2D eigenvalue weighted by Crippen LogP contribution is 2.65. The molecule has 2 saturated carbocycles. The summed E-state index contributed by atoms with van der Waals surface area (Å²) in [5.41, 5.74) is 3.29. The van der Waals surface area contributed by atoms with E-state index in [0.29, 0.717) is 18.3 Å². The fourth-order valence-corrected chi connectivity index (χ4v) is 4.80. The third-order valence-corrected chi connectivity index (χ3v) is 7.08. The van der Waals surface area contributed by atoms with E-state index in [9.17, 15) is 4.79 Å². The predicted molar refractivity (Wildman–Crippen MR) is 108 cm³/mol. The van der Waals surface area contributed by atoms with Crippen LogP contribution in [-0.2, 0) is 16.1 Å². The van der Waals surface area contributed by atoms with Gasteiger partial charge in [0.25, 0.3) is 0 Å². The van der Waals surface area contributed by atoms with Crippen LogP contribution in [0.1, 0.15) is 77.3 Å². The summed E-state index contributed by atoms with van der Waals surface area (Å²) in [7, 11) is 0. The van der Waals surface area contributed by atoms with Crippen LogP contribution in [0.2, 0.25) is 0 Å². The molecule has 2 aliphatic rings. The molecule has 2 atom stereocenters. The van der Waals surface area contributed by atoms with Gasteiger partial charge in [-0.2, -0.15) is 0 Å². The number of unbranched alkanes of at least 4 members (excludes halogenated alkanes) is 3. The lowest BCUT2D eigenvalue weighted by Crippen LogP contribution is -2.32. The van der Waals surface area contributed by atoms with Gasteiger partial charge in [0.1, 0.15) is 0 Å². The summed E-state index contributed by atoms with van der Waals surface area (Å²) in [5.74, 6) is 0.782. The molecule has 0 aliphatic heterocycles. The summed E-state index contributed by atoms with van der Waals surface area (Å²) >= 11 is 0. The molecule has 26 heavy (non-hydrogen) atoms. The van der Waals surface area contributed by atoms with Gasteiger partial charge in [-0.3, -0.25) is 4.79 Å². The van der Waals surface area contributed by atoms with Crippen LogP contribution in [0.5, 0.6) is 0 Å². The third-order valence-electron chi connectivity index (χ3n) is 7.08. The first-order valence-electron chi connectivity index (χ1n) is 10.3. The van der Waals surface area contributed by atoms with Crippen molar-refractivity contribution in [1.82, 2.24) is 0 Å². The van der Waals surface area contributed by atoms with Crippen molar-refractivity contribution in [2.45, 2.75) is 72.8 Å². The maximum absolute atomic E-state index is 12.9. The lowest BCUT2D eigenvalue weighted by atomic mass is 9.70. The summed E-state index contributed by atoms with van der Waals surface area (Å²) in [6.45, 7) is 10.4. The molecule has 3 rings (SSSR count). The number of rotatable bonds is 8. The minimum Gasteiger partial charge on any atom is -0.377 e. The van der Waals surface area contributed by atoms with Gasteiger partial charge in [0.15, 0.2) is 5.78 Å². The number of carbonyl (C=O) groups is 1. The molecule has 2 bridgehead atoms. The Bertz CT molecular complexity index is 668. The molecule has 1 aromatic rings. The molecular weight excluding hydrogens is 320 g/mol. The summed E-state index contributed by atoms with van der Waals surface area (Å²) in [6.07, 6.45) is 9.28. The van der Waals surface area contributed by atoms with Crippen LogP contribution < -0.4 is 0 Å². The molecule has 0 heterocycles. The van der Waals surface area contributed by atoms with Crippen LogP contribution >= 0.6 is 0 Å². The zero-order valence-corrected chi connectivity index (χ0v) is 16.9. The number of carbonyl (C=O) groups excluding carboxylic acids is 1. The van der Waals surface area contributed by atoms with E-state index < -0.39 is 0 Å². The molecule has 0 saturated heterocycles. The average Bonchev–Trinajstić information content (AvgIpc) is 2.93. The lowest BCUT2D eigenvalue weighted by molar-refractivity contribution is -0.125. The van der Waals surface area contributed by atoms with Crippen LogP contribution in [0.15, 0.2) is 29.8 Å². The van der Waals surface area contributed by atoms with E-state index in [0.717, 1.165) is 37.0 Å². The SMILES string of the molecule is CCCCCCOCc1ccc(C=C2C(=O)C3(C)CCC2C3(C)C)cc1. The highest BCUT2D eigenvalue weighted by Gasteiger charge is 2.63. The molecular formula is C24H34O2. The topological polar surface area (TPSA) is 26.3 Å². The van der Waals surface area contributed by atoms with E-state index >= 15 is 0 Å². The number of fused-ring (bicyclic) bond motifs is 2. The lowest BCUT2D eigenvalue weighted by Gasteiger charge is -2.31. The quantitative estimate of drug-likeness (QED) is 0.411. The smallest absolute Gasteiger partial charge is 0.165 e. The molecule has 0 aromatic heterocycles. The Labute approximate surface area is 159 Å². The second kappa shape index (κ2) is 7.68. The maximum atomic E-state index is 12.9. The zero-order valence-electron chi connectivity index (χ0n) is 16.9. The van der Waals surface area contributed by atoms with Crippen molar-refractivity contribution in [3.8, 4) is 0 Å². The number of ketones is 1. The number of allylic oxidation sites excluding steroid dienone is 1. The number of hydrogen-bond donors (Lipinski definition) is 0. The van der Waals surface area contributed by atoms with Gasteiger partial charge in [-0.1, -0.05) is 71.2 Å². The number of Topliss-reactive ketones (excluding diaryl/α,β-unsaturated/α-hetero) is 1. The van der Waals surface area contributed by atoms with E-state index in [1.165, 1.54) is 24.8 Å². The Morgan fingerprint density at radius 1 is 1.12 bits per heavy atom. The normalized spacial score (nSPS) is 28.2. The van der Waals surface area contributed by atoms with Crippen LogP contribution in [0, 0.1) is 16.7 Å². The van der Waals surface area contributed by atoms with E-state index in [1.54, 1.807) is 0 Å². The molecule has 2 heteroatoms. The van der Waals surface area contributed by atoms with Crippen molar-refractivity contribution in [2.75, 3.05) is 6.61 Å². The third kappa shape index (κ3) is 3.41. The van der Waals surface area contributed by atoms with Gasteiger partial charge in [-0.15, -0.1) is 0 Å². The van der Waals surface area contributed by atoms with Crippen molar-refractivity contribution in [3.63, 3.8) is 0 Å². The first kappa shape index (κ1) is 19.4. The molecule has 0 radical (unpaired) electrons. The number of ether oxygens (including phenoxy) is 1. The predicted octanol–water partition coefficient (Wildman–Crippen LogP) is 6.19. The summed E-state index contributed by atoms with van der Waals surface area (Å²) in [5, 5.41) is 0. The summed E-state index contributed by atoms with van der Waals surface area (Å²) < 4.78 is 5.77. The summed E-state index contributed by atoms with van der Waals surface area (Å²) in [4.78, 5) is 12.9. The molecule has 0 spiro atoms. The van der Waals surface area contributed by atoms with E-state index in [-0.39, 0.29) is 10.8 Å². The summed E-state index contributed by atoms with van der Waals surface area (Å²) in [6, 6.07) is 8.50. The van der Waals surface area contributed by atoms with Crippen LogP contribution in [0.25, 0.3) is 6.08 Å². The first-order chi connectivity index (χ1) is 12.4. The maximum Gasteiger partial charge on any atom is 0.165 e. The van der Waals surface area contributed by atoms with Gasteiger partial charge in [0.05, 0.1) is 6.61 Å². The monoisotopic (exact) mass is 354 g/mol. The first-order valence-corrected chi connectivity index (χ1v) is 10.3. The Morgan fingerprint density at radius 3 is 2.46 bits per heavy atom. The van der Waals surface area contributed by atoms with E-state index in [4.69, 9.17) is 4.74 Å². The molecule has 2 nitrogen and oxygen atoms in total.